The van der Waals surface area contributed by atoms with Gasteiger partial charge in [-0.3, -0.25) is 0 Å². The summed E-state index contributed by atoms with van der Waals surface area (Å²) < 4.78 is 2.18. The summed E-state index contributed by atoms with van der Waals surface area (Å²) in [5.41, 5.74) is 1.08. The average molecular weight is 181 g/mol. The Bertz CT molecular complexity index is 263. The molecule has 1 aromatic heterocycles. The quantitative estimate of drug-likeness (QED) is 0.772. The lowest BCUT2D eigenvalue weighted by Crippen LogP contribution is -2.09. The molecule has 0 aromatic carbocycles. The molecule has 1 rings (SSSR count). The van der Waals surface area contributed by atoms with Crippen molar-refractivity contribution in [2.24, 2.45) is 5.92 Å². The van der Waals surface area contributed by atoms with Crippen LogP contribution in [-0.2, 0) is 6.54 Å². The molecule has 1 heterocycles. The lowest BCUT2D eigenvalue weighted by atomic mass is 10.2. The summed E-state index contributed by atoms with van der Waals surface area (Å²) in [5, 5.41) is 3.25. The van der Waals surface area contributed by atoms with E-state index < -0.39 is 0 Å². The Morgan fingerprint density at radius 1 is 1.54 bits per heavy atom. The molecular weight excluding hydrogens is 162 g/mol. The number of imidazole rings is 1. The summed E-state index contributed by atoms with van der Waals surface area (Å²) >= 11 is 0. The van der Waals surface area contributed by atoms with Crippen molar-refractivity contribution in [1.29, 1.82) is 0 Å². The number of hydrogen-bond acceptors (Lipinski definition) is 2. The SMILES string of the molecule is CCNc1nc(C)cn1CC(C)C. The number of aromatic nitrogens is 2. The third-order valence-corrected chi connectivity index (χ3v) is 1.79. The predicted octanol–water partition coefficient (Wildman–Crippen LogP) is 2.28. The first kappa shape index (κ1) is 10.1. The molecule has 1 N–H and O–H groups in total. The molecule has 0 radical (unpaired) electrons. The van der Waals surface area contributed by atoms with E-state index in [1.54, 1.807) is 0 Å². The zero-order valence-corrected chi connectivity index (χ0v) is 8.96. The van der Waals surface area contributed by atoms with Crippen LogP contribution in [0.1, 0.15) is 26.5 Å². The highest BCUT2D eigenvalue weighted by Crippen LogP contribution is 2.10. The Balaban J connectivity index is 2.77. The van der Waals surface area contributed by atoms with Gasteiger partial charge in [0.25, 0.3) is 0 Å². The Morgan fingerprint density at radius 2 is 2.23 bits per heavy atom. The smallest absolute Gasteiger partial charge is 0.203 e. The number of hydrogen-bond donors (Lipinski definition) is 1. The Hall–Kier alpha value is -0.990. The molecule has 0 atom stereocenters. The Morgan fingerprint density at radius 3 is 2.77 bits per heavy atom. The molecule has 0 spiro atoms. The van der Waals surface area contributed by atoms with E-state index in [1.165, 1.54) is 0 Å². The lowest BCUT2D eigenvalue weighted by molar-refractivity contribution is 0.526. The summed E-state index contributed by atoms with van der Waals surface area (Å²) in [4.78, 5) is 4.41. The van der Waals surface area contributed by atoms with E-state index in [-0.39, 0.29) is 0 Å². The van der Waals surface area contributed by atoms with E-state index in [0.717, 1.165) is 24.7 Å². The van der Waals surface area contributed by atoms with Crippen LogP contribution in [0.5, 0.6) is 0 Å². The van der Waals surface area contributed by atoms with Gasteiger partial charge in [-0.25, -0.2) is 4.98 Å². The fourth-order valence-electron chi connectivity index (χ4n) is 1.38. The Kier molecular flexibility index (Phi) is 3.34. The van der Waals surface area contributed by atoms with Gasteiger partial charge < -0.3 is 9.88 Å². The van der Waals surface area contributed by atoms with Gasteiger partial charge in [0.1, 0.15) is 0 Å². The van der Waals surface area contributed by atoms with E-state index >= 15 is 0 Å². The third-order valence-electron chi connectivity index (χ3n) is 1.79. The minimum absolute atomic E-state index is 0.658. The summed E-state index contributed by atoms with van der Waals surface area (Å²) in [6.45, 7) is 10.5. The van der Waals surface area contributed by atoms with Crippen LogP contribution in [0.3, 0.4) is 0 Å². The molecule has 74 valence electrons. The van der Waals surface area contributed by atoms with Gasteiger partial charge in [0.2, 0.25) is 5.95 Å². The summed E-state index contributed by atoms with van der Waals surface area (Å²) in [6, 6.07) is 0. The summed E-state index contributed by atoms with van der Waals surface area (Å²) in [6.07, 6.45) is 2.10. The van der Waals surface area contributed by atoms with Crippen LogP contribution in [0.25, 0.3) is 0 Å². The molecule has 0 saturated heterocycles. The molecule has 0 saturated carbocycles. The second-order valence-corrected chi connectivity index (χ2v) is 3.78. The minimum Gasteiger partial charge on any atom is -0.356 e. The molecule has 1 aromatic rings. The summed E-state index contributed by atoms with van der Waals surface area (Å²) in [7, 11) is 0. The maximum atomic E-state index is 4.41. The molecule has 3 heteroatoms. The largest absolute Gasteiger partial charge is 0.356 e. The van der Waals surface area contributed by atoms with Gasteiger partial charge in [0, 0.05) is 19.3 Å². The lowest BCUT2D eigenvalue weighted by Gasteiger charge is -2.10. The number of anilines is 1. The van der Waals surface area contributed by atoms with Gasteiger partial charge >= 0.3 is 0 Å². The normalized spacial score (nSPS) is 10.8. The molecule has 0 aliphatic heterocycles. The molecular formula is C10H19N3. The van der Waals surface area contributed by atoms with Gasteiger partial charge in [0.15, 0.2) is 0 Å². The number of rotatable bonds is 4. The van der Waals surface area contributed by atoms with Crippen LogP contribution in [0, 0.1) is 12.8 Å². The first-order valence-corrected chi connectivity index (χ1v) is 4.91. The van der Waals surface area contributed by atoms with Gasteiger partial charge in [0.05, 0.1) is 5.69 Å². The van der Waals surface area contributed by atoms with Crippen molar-refractivity contribution in [3.8, 4) is 0 Å². The van der Waals surface area contributed by atoms with Crippen molar-refractivity contribution in [3.05, 3.63) is 11.9 Å². The van der Waals surface area contributed by atoms with E-state index in [2.05, 4.69) is 41.8 Å². The van der Waals surface area contributed by atoms with Crippen molar-refractivity contribution in [1.82, 2.24) is 9.55 Å². The van der Waals surface area contributed by atoms with Crippen molar-refractivity contribution in [2.45, 2.75) is 34.2 Å². The second-order valence-electron chi connectivity index (χ2n) is 3.78. The van der Waals surface area contributed by atoms with Gasteiger partial charge in [-0.1, -0.05) is 13.8 Å². The van der Waals surface area contributed by atoms with Crippen molar-refractivity contribution in [3.63, 3.8) is 0 Å². The molecule has 0 aliphatic rings. The number of aryl methyl sites for hydroxylation is 1. The second kappa shape index (κ2) is 4.30. The predicted molar refractivity (Wildman–Crippen MR) is 56.0 cm³/mol. The molecule has 0 amide bonds. The van der Waals surface area contributed by atoms with Crippen molar-refractivity contribution >= 4 is 5.95 Å². The minimum atomic E-state index is 0.658. The number of nitrogens with zero attached hydrogens (tertiary/aromatic N) is 2. The third kappa shape index (κ3) is 2.76. The van der Waals surface area contributed by atoms with Crippen LogP contribution < -0.4 is 5.32 Å². The van der Waals surface area contributed by atoms with Crippen LogP contribution in [0.2, 0.25) is 0 Å². The summed E-state index contributed by atoms with van der Waals surface area (Å²) in [5.74, 6) is 1.65. The van der Waals surface area contributed by atoms with Crippen molar-refractivity contribution < 1.29 is 0 Å². The zero-order chi connectivity index (χ0) is 9.84. The molecule has 0 unspecified atom stereocenters. The van der Waals surface area contributed by atoms with Gasteiger partial charge in [-0.05, 0) is 19.8 Å². The first-order chi connectivity index (χ1) is 6.13. The van der Waals surface area contributed by atoms with E-state index in [4.69, 9.17) is 0 Å². The van der Waals surface area contributed by atoms with Crippen LogP contribution in [0.15, 0.2) is 6.20 Å². The Labute approximate surface area is 80.2 Å². The standard InChI is InChI=1S/C10H19N3/c1-5-11-10-12-9(4)7-13(10)6-8(2)3/h7-8H,5-6H2,1-4H3,(H,11,12). The van der Waals surface area contributed by atoms with E-state index in [9.17, 15) is 0 Å². The first-order valence-electron chi connectivity index (χ1n) is 4.91. The molecule has 13 heavy (non-hydrogen) atoms. The highest BCUT2D eigenvalue weighted by molar-refractivity contribution is 5.28. The van der Waals surface area contributed by atoms with Crippen LogP contribution >= 0.6 is 0 Å². The topological polar surface area (TPSA) is 29.9 Å². The maximum absolute atomic E-state index is 4.41. The fraction of sp³-hybridized carbons (Fsp3) is 0.700. The van der Waals surface area contributed by atoms with Crippen molar-refractivity contribution in [2.75, 3.05) is 11.9 Å². The van der Waals surface area contributed by atoms with Crippen LogP contribution in [0.4, 0.5) is 5.95 Å². The monoisotopic (exact) mass is 181 g/mol. The van der Waals surface area contributed by atoms with E-state index in [1.807, 2.05) is 6.92 Å². The maximum Gasteiger partial charge on any atom is 0.203 e. The molecule has 3 nitrogen and oxygen atoms in total. The highest BCUT2D eigenvalue weighted by atomic mass is 15.2. The van der Waals surface area contributed by atoms with Gasteiger partial charge in [-0.15, -0.1) is 0 Å². The highest BCUT2D eigenvalue weighted by Gasteiger charge is 2.05. The molecule has 0 bridgehead atoms. The fourth-order valence-corrected chi connectivity index (χ4v) is 1.38. The average Bonchev–Trinajstić information content (AvgIpc) is 2.31. The molecule has 0 aliphatic carbocycles. The van der Waals surface area contributed by atoms with Crippen LogP contribution in [-0.4, -0.2) is 16.1 Å². The zero-order valence-electron chi connectivity index (χ0n) is 8.96. The van der Waals surface area contributed by atoms with E-state index in [0.29, 0.717) is 5.92 Å². The number of nitrogens with one attached hydrogen (secondary N) is 1. The molecule has 0 fully saturated rings. The van der Waals surface area contributed by atoms with Gasteiger partial charge in [-0.2, -0.15) is 0 Å².